The van der Waals surface area contributed by atoms with Gasteiger partial charge in [0.2, 0.25) is 5.91 Å². The van der Waals surface area contributed by atoms with Crippen molar-refractivity contribution in [2.45, 2.75) is 30.9 Å². The summed E-state index contributed by atoms with van der Waals surface area (Å²) in [5.74, 6) is -0.547. The highest BCUT2D eigenvalue weighted by Crippen LogP contribution is 2.23. The second kappa shape index (κ2) is 7.84. The SMILES string of the molecule is O=C(CSc1nc2ccccc2o1)NNC(=O)c1ccc2c(c1)CCCC2. The van der Waals surface area contributed by atoms with Crippen LogP contribution in [-0.2, 0) is 17.6 Å². The maximum Gasteiger partial charge on any atom is 0.269 e. The topological polar surface area (TPSA) is 84.2 Å². The molecule has 3 aromatic rings. The quantitative estimate of drug-likeness (QED) is 0.535. The highest BCUT2D eigenvalue weighted by molar-refractivity contribution is 7.99. The highest BCUT2D eigenvalue weighted by atomic mass is 32.2. The van der Waals surface area contributed by atoms with Gasteiger partial charge in [-0.25, -0.2) is 4.98 Å². The number of thioether (sulfide) groups is 1. The average Bonchev–Trinajstić information content (AvgIpc) is 3.13. The number of fused-ring (bicyclic) bond motifs is 2. The molecule has 4 rings (SSSR count). The predicted octanol–water partition coefficient (Wildman–Crippen LogP) is 3.26. The molecule has 0 saturated heterocycles. The molecular weight excluding hydrogens is 362 g/mol. The zero-order valence-corrected chi connectivity index (χ0v) is 15.5. The zero-order valence-electron chi connectivity index (χ0n) is 14.7. The van der Waals surface area contributed by atoms with Crippen LogP contribution in [-0.4, -0.2) is 22.6 Å². The van der Waals surface area contributed by atoms with Crippen molar-refractivity contribution >= 4 is 34.7 Å². The third kappa shape index (κ3) is 4.14. The monoisotopic (exact) mass is 381 g/mol. The molecule has 1 aliphatic carbocycles. The molecule has 0 spiro atoms. The normalized spacial score (nSPS) is 13.2. The summed E-state index contributed by atoms with van der Waals surface area (Å²) in [4.78, 5) is 28.5. The van der Waals surface area contributed by atoms with Crippen LogP contribution in [0.3, 0.4) is 0 Å². The lowest BCUT2D eigenvalue weighted by molar-refractivity contribution is -0.119. The minimum Gasteiger partial charge on any atom is -0.431 e. The van der Waals surface area contributed by atoms with Crippen molar-refractivity contribution in [1.82, 2.24) is 15.8 Å². The van der Waals surface area contributed by atoms with Crippen LogP contribution in [0.4, 0.5) is 0 Å². The van der Waals surface area contributed by atoms with E-state index in [1.54, 1.807) is 6.07 Å². The number of hydrogen-bond acceptors (Lipinski definition) is 5. The molecule has 1 aliphatic rings. The van der Waals surface area contributed by atoms with Gasteiger partial charge >= 0.3 is 0 Å². The second-order valence-corrected chi connectivity index (χ2v) is 7.36. The number of nitrogens with zero attached hydrogens (tertiary/aromatic N) is 1. The lowest BCUT2D eigenvalue weighted by Crippen LogP contribution is -2.42. The Morgan fingerprint density at radius 1 is 1.04 bits per heavy atom. The summed E-state index contributed by atoms with van der Waals surface area (Å²) in [5, 5.41) is 0.423. The van der Waals surface area contributed by atoms with Gasteiger partial charge < -0.3 is 4.42 Å². The summed E-state index contributed by atoms with van der Waals surface area (Å²) in [6.07, 6.45) is 4.43. The van der Waals surface area contributed by atoms with E-state index < -0.39 is 0 Å². The van der Waals surface area contributed by atoms with E-state index in [1.165, 1.54) is 29.3 Å². The van der Waals surface area contributed by atoms with Crippen LogP contribution in [0.25, 0.3) is 11.1 Å². The molecule has 6 nitrogen and oxygen atoms in total. The van der Waals surface area contributed by atoms with Gasteiger partial charge in [-0.3, -0.25) is 20.4 Å². The van der Waals surface area contributed by atoms with Gasteiger partial charge in [-0.2, -0.15) is 0 Å². The van der Waals surface area contributed by atoms with E-state index in [0.29, 0.717) is 16.4 Å². The fourth-order valence-electron chi connectivity index (χ4n) is 3.15. The van der Waals surface area contributed by atoms with Crippen molar-refractivity contribution in [2.75, 3.05) is 5.75 Å². The standard InChI is InChI=1S/C20H19N3O3S/c24-18(12-27-20-21-16-7-3-4-8-17(16)26-20)22-23-19(25)15-10-9-13-5-1-2-6-14(13)11-15/h3-4,7-11H,1-2,5-6,12H2,(H,22,24)(H,23,25). The molecule has 0 radical (unpaired) electrons. The first-order valence-corrected chi connectivity index (χ1v) is 9.87. The van der Waals surface area contributed by atoms with E-state index in [-0.39, 0.29) is 17.6 Å². The van der Waals surface area contributed by atoms with Crippen molar-refractivity contribution < 1.29 is 14.0 Å². The molecule has 138 valence electrons. The predicted molar refractivity (Wildman–Crippen MR) is 103 cm³/mol. The Kier molecular flexibility index (Phi) is 5.11. The number of carbonyl (C=O) groups is 2. The van der Waals surface area contributed by atoms with Gasteiger partial charge in [-0.1, -0.05) is 30.0 Å². The van der Waals surface area contributed by atoms with E-state index in [2.05, 4.69) is 15.8 Å². The molecule has 0 unspecified atom stereocenters. The Morgan fingerprint density at radius 2 is 1.85 bits per heavy atom. The molecule has 0 bridgehead atoms. The largest absolute Gasteiger partial charge is 0.431 e. The summed E-state index contributed by atoms with van der Waals surface area (Å²) < 4.78 is 5.55. The van der Waals surface area contributed by atoms with Crippen molar-refractivity contribution in [1.29, 1.82) is 0 Å². The third-order valence-electron chi connectivity index (χ3n) is 4.53. The van der Waals surface area contributed by atoms with Crippen molar-refractivity contribution in [3.05, 3.63) is 59.2 Å². The van der Waals surface area contributed by atoms with Crippen LogP contribution < -0.4 is 10.9 Å². The number of amides is 2. The molecular formula is C20H19N3O3S. The maximum atomic E-state index is 12.3. The van der Waals surface area contributed by atoms with Crippen LogP contribution in [0, 0.1) is 0 Å². The molecule has 2 N–H and O–H groups in total. The van der Waals surface area contributed by atoms with Gasteiger partial charge in [0, 0.05) is 5.56 Å². The van der Waals surface area contributed by atoms with E-state index in [1.807, 2.05) is 36.4 Å². The lowest BCUT2D eigenvalue weighted by Gasteiger charge is -2.16. The molecule has 7 heteroatoms. The first-order valence-electron chi connectivity index (χ1n) is 8.88. The van der Waals surface area contributed by atoms with Gasteiger partial charge in [0.1, 0.15) is 5.52 Å². The van der Waals surface area contributed by atoms with Crippen LogP contribution in [0.15, 0.2) is 52.1 Å². The Morgan fingerprint density at radius 3 is 2.70 bits per heavy atom. The Balaban J connectivity index is 1.29. The number of oxazole rings is 1. The zero-order chi connectivity index (χ0) is 18.6. The van der Waals surface area contributed by atoms with Gasteiger partial charge in [0.05, 0.1) is 5.75 Å². The maximum absolute atomic E-state index is 12.3. The number of carbonyl (C=O) groups excluding carboxylic acids is 2. The van der Waals surface area contributed by atoms with Crippen LogP contribution >= 0.6 is 11.8 Å². The fourth-order valence-corrected chi connectivity index (χ4v) is 3.79. The smallest absolute Gasteiger partial charge is 0.269 e. The lowest BCUT2D eigenvalue weighted by atomic mass is 9.90. The first kappa shape index (κ1) is 17.6. The minimum atomic E-state index is -0.325. The molecule has 0 fully saturated rings. The van der Waals surface area contributed by atoms with Crippen LogP contribution in [0.5, 0.6) is 0 Å². The van der Waals surface area contributed by atoms with Gasteiger partial charge in [0.25, 0.3) is 11.1 Å². The summed E-state index contributed by atoms with van der Waals surface area (Å²) in [6, 6.07) is 13.1. The third-order valence-corrected chi connectivity index (χ3v) is 5.36. The number of rotatable bonds is 4. The summed E-state index contributed by atoms with van der Waals surface area (Å²) in [5.41, 5.74) is 9.44. The van der Waals surface area contributed by atoms with Crippen molar-refractivity contribution in [3.8, 4) is 0 Å². The molecule has 0 aliphatic heterocycles. The Bertz CT molecular complexity index is 966. The number of hydrazine groups is 1. The van der Waals surface area contributed by atoms with Gasteiger partial charge in [-0.15, -0.1) is 0 Å². The minimum absolute atomic E-state index is 0.0945. The van der Waals surface area contributed by atoms with Crippen molar-refractivity contribution in [2.24, 2.45) is 0 Å². The van der Waals surface area contributed by atoms with Gasteiger partial charge in [-0.05, 0) is 61.1 Å². The average molecular weight is 381 g/mol. The molecule has 1 heterocycles. The molecule has 1 aromatic heterocycles. The molecule has 2 amide bonds. The van der Waals surface area contributed by atoms with E-state index >= 15 is 0 Å². The summed E-state index contributed by atoms with van der Waals surface area (Å²) in [6.45, 7) is 0. The van der Waals surface area contributed by atoms with Crippen molar-refractivity contribution in [3.63, 3.8) is 0 Å². The highest BCUT2D eigenvalue weighted by Gasteiger charge is 2.14. The second-order valence-electron chi connectivity index (χ2n) is 6.43. The first-order chi connectivity index (χ1) is 13.2. The molecule has 2 aromatic carbocycles. The van der Waals surface area contributed by atoms with E-state index in [0.717, 1.165) is 24.8 Å². The van der Waals surface area contributed by atoms with E-state index in [9.17, 15) is 9.59 Å². The molecule has 27 heavy (non-hydrogen) atoms. The molecule has 0 atom stereocenters. The van der Waals surface area contributed by atoms with Crippen LogP contribution in [0.1, 0.15) is 34.3 Å². The van der Waals surface area contributed by atoms with Gasteiger partial charge in [0.15, 0.2) is 5.58 Å². The number of nitrogens with one attached hydrogen (secondary N) is 2. The summed E-state index contributed by atoms with van der Waals surface area (Å²) in [7, 11) is 0. The number of para-hydroxylation sites is 2. The number of aryl methyl sites for hydroxylation is 2. The molecule has 0 saturated carbocycles. The number of aromatic nitrogens is 1. The Labute approximate surface area is 160 Å². The van der Waals surface area contributed by atoms with E-state index in [4.69, 9.17) is 4.42 Å². The number of benzene rings is 2. The fraction of sp³-hybridized carbons (Fsp3) is 0.250. The number of hydrogen-bond donors (Lipinski definition) is 2. The van der Waals surface area contributed by atoms with Crippen LogP contribution in [0.2, 0.25) is 0 Å². The Hall–Kier alpha value is -2.80. The summed E-state index contributed by atoms with van der Waals surface area (Å²) >= 11 is 1.18.